The van der Waals surface area contributed by atoms with Crippen LogP contribution in [0, 0.1) is 0 Å². The lowest BCUT2D eigenvalue weighted by molar-refractivity contribution is 0.213. The molecule has 0 heterocycles. The Hall–Kier alpha value is -1.07. The van der Waals surface area contributed by atoms with Crippen LogP contribution < -0.4 is 10.5 Å². The highest BCUT2D eigenvalue weighted by molar-refractivity contribution is 7.88. The van der Waals surface area contributed by atoms with Gasteiger partial charge >= 0.3 is 0 Å². The smallest absolute Gasteiger partial charge is 0.216 e. The summed E-state index contributed by atoms with van der Waals surface area (Å²) >= 11 is 0. The summed E-state index contributed by atoms with van der Waals surface area (Å²) in [6.07, 6.45) is 3.86. The van der Waals surface area contributed by atoms with Crippen LogP contribution >= 0.6 is 0 Å². The molecule has 0 saturated heterocycles. The minimum Gasteiger partial charge on any atom is -0.399 e. The van der Waals surface area contributed by atoms with E-state index in [0.717, 1.165) is 31.2 Å². The molecule has 3 N–H and O–H groups in total. The average Bonchev–Trinajstić information content (AvgIpc) is 2.27. The maximum Gasteiger partial charge on any atom is 0.216 e. The van der Waals surface area contributed by atoms with Gasteiger partial charge in [-0.05, 0) is 43.4 Å². The van der Waals surface area contributed by atoms with Gasteiger partial charge in [0.15, 0.2) is 0 Å². The molecule has 0 bridgehead atoms. The zero-order valence-electron chi connectivity index (χ0n) is 10.6. The first-order chi connectivity index (χ1) is 8.45. The Morgan fingerprint density at radius 1 is 1.28 bits per heavy atom. The van der Waals surface area contributed by atoms with Gasteiger partial charge < -0.3 is 5.73 Å². The quantitative estimate of drug-likeness (QED) is 0.802. The van der Waals surface area contributed by atoms with E-state index in [9.17, 15) is 8.42 Å². The standard InChI is InChI=1S/C13H20N2O2S/c1-2-13(8-3-9-13)15-18(16,17)10-11-4-6-12(14)7-5-11/h4-7,15H,2-3,8-10,14H2,1H3. The number of hydrogen-bond donors (Lipinski definition) is 2. The first-order valence-corrected chi connectivity index (χ1v) is 7.96. The summed E-state index contributed by atoms with van der Waals surface area (Å²) in [5, 5.41) is 0. The lowest BCUT2D eigenvalue weighted by atomic mass is 9.76. The van der Waals surface area contributed by atoms with Crippen molar-refractivity contribution >= 4 is 15.7 Å². The number of rotatable bonds is 5. The maximum absolute atomic E-state index is 12.1. The van der Waals surface area contributed by atoms with Crippen LogP contribution in [0.3, 0.4) is 0 Å². The van der Waals surface area contributed by atoms with Gasteiger partial charge in [-0.15, -0.1) is 0 Å². The van der Waals surface area contributed by atoms with Gasteiger partial charge in [-0.3, -0.25) is 0 Å². The largest absolute Gasteiger partial charge is 0.399 e. The highest BCUT2D eigenvalue weighted by Gasteiger charge is 2.38. The van der Waals surface area contributed by atoms with E-state index in [0.29, 0.717) is 5.69 Å². The molecule has 1 aromatic rings. The summed E-state index contributed by atoms with van der Waals surface area (Å²) in [6, 6.07) is 6.97. The first-order valence-electron chi connectivity index (χ1n) is 6.31. The van der Waals surface area contributed by atoms with Crippen molar-refractivity contribution in [3.05, 3.63) is 29.8 Å². The molecule has 1 aliphatic carbocycles. The normalized spacial score (nSPS) is 18.3. The molecule has 1 fully saturated rings. The van der Waals surface area contributed by atoms with E-state index in [1.807, 2.05) is 6.92 Å². The van der Waals surface area contributed by atoms with Gasteiger partial charge in [-0.2, -0.15) is 0 Å². The van der Waals surface area contributed by atoms with Crippen molar-refractivity contribution < 1.29 is 8.42 Å². The predicted octanol–water partition coefficient (Wildman–Crippen LogP) is 2.02. The highest BCUT2D eigenvalue weighted by Crippen LogP contribution is 2.35. The Morgan fingerprint density at radius 2 is 1.89 bits per heavy atom. The number of sulfonamides is 1. The van der Waals surface area contributed by atoms with E-state index in [-0.39, 0.29) is 11.3 Å². The molecule has 0 atom stereocenters. The summed E-state index contributed by atoms with van der Waals surface area (Å²) < 4.78 is 27.1. The van der Waals surface area contributed by atoms with Crippen LogP contribution in [0.2, 0.25) is 0 Å². The summed E-state index contributed by atoms with van der Waals surface area (Å²) in [4.78, 5) is 0. The second-order valence-electron chi connectivity index (χ2n) is 5.09. The SMILES string of the molecule is CCC1(NS(=O)(=O)Cc2ccc(N)cc2)CCC1. The minimum absolute atomic E-state index is 0.0228. The molecule has 100 valence electrons. The summed E-state index contributed by atoms with van der Waals surface area (Å²) in [5.74, 6) is 0.0228. The molecular weight excluding hydrogens is 248 g/mol. The molecule has 0 aliphatic heterocycles. The van der Waals surface area contributed by atoms with E-state index < -0.39 is 10.0 Å². The van der Waals surface area contributed by atoms with E-state index >= 15 is 0 Å². The van der Waals surface area contributed by atoms with E-state index in [4.69, 9.17) is 5.73 Å². The van der Waals surface area contributed by atoms with Gasteiger partial charge in [-0.25, -0.2) is 13.1 Å². The molecule has 18 heavy (non-hydrogen) atoms. The fourth-order valence-corrected chi connectivity index (χ4v) is 4.04. The molecule has 1 saturated carbocycles. The van der Waals surface area contributed by atoms with Crippen LogP contribution in [-0.2, 0) is 15.8 Å². The van der Waals surface area contributed by atoms with Gasteiger partial charge in [0.25, 0.3) is 0 Å². The summed E-state index contributed by atoms with van der Waals surface area (Å²) in [7, 11) is -3.27. The number of nitrogen functional groups attached to an aromatic ring is 1. The number of nitrogens with two attached hydrogens (primary N) is 1. The molecule has 0 unspecified atom stereocenters. The van der Waals surface area contributed by atoms with Gasteiger partial charge in [0, 0.05) is 11.2 Å². The summed E-state index contributed by atoms with van der Waals surface area (Å²) in [5.41, 5.74) is 6.80. The third-order valence-corrected chi connectivity index (χ3v) is 5.15. The number of nitrogens with one attached hydrogen (secondary N) is 1. The Balaban J connectivity index is 2.05. The molecule has 5 heteroatoms. The monoisotopic (exact) mass is 268 g/mol. The van der Waals surface area contributed by atoms with Gasteiger partial charge in [0.05, 0.1) is 5.75 Å². The van der Waals surface area contributed by atoms with Crippen LogP contribution in [0.25, 0.3) is 0 Å². The van der Waals surface area contributed by atoms with E-state index in [1.165, 1.54) is 0 Å². The van der Waals surface area contributed by atoms with Gasteiger partial charge in [-0.1, -0.05) is 19.1 Å². The zero-order chi connectivity index (χ0) is 13.2. The molecule has 1 aliphatic rings. The Kier molecular flexibility index (Phi) is 3.64. The fourth-order valence-electron chi connectivity index (χ4n) is 2.33. The second kappa shape index (κ2) is 4.90. The van der Waals surface area contributed by atoms with Crippen LogP contribution in [0.4, 0.5) is 5.69 Å². The molecule has 0 spiro atoms. The molecule has 4 nitrogen and oxygen atoms in total. The molecule has 0 amide bonds. The lowest BCUT2D eigenvalue weighted by Gasteiger charge is -2.41. The topological polar surface area (TPSA) is 72.2 Å². The first kappa shape index (κ1) is 13.4. The van der Waals surface area contributed by atoms with Gasteiger partial charge in [0.1, 0.15) is 0 Å². The van der Waals surface area contributed by atoms with Crippen LogP contribution in [0.5, 0.6) is 0 Å². The molecule has 0 aromatic heterocycles. The molecule has 2 rings (SSSR count). The van der Waals surface area contributed by atoms with Crippen LogP contribution in [0.15, 0.2) is 24.3 Å². The Labute approximate surface area is 109 Å². The van der Waals surface area contributed by atoms with Crippen molar-refractivity contribution in [2.45, 2.75) is 43.9 Å². The number of hydrogen-bond acceptors (Lipinski definition) is 3. The van der Waals surface area contributed by atoms with E-state index in [1.54, 1.807) is 24.3 Å². The lowest BCUT2D eigenvalue weighted by Crippen LogP contribution is -2.53. The molecule has 1 aromatic carbocycles. The highest BCUT2D eigenvalue weighted by atomic mass is 32.2. The molecular formula is C13H20N2O2S. The number of benzene rings is 1. The van der Waals surface area contributed by atoms with Crippen molar-refractivity contribution in [3.63, 3.8) is 0 Å². The zero-order valence-corrected chi connectivity index (χ0v) is 11.5. The molecule has 0 radical (unpaired) electrons. The third-order valence-electron chi connectivity index (χ3n) is 3.70. The Morgan fingerprint density at radius 3 is 2.33 bits per heavy atom. The fraction of sp³-hybridized carbons (Fsp3) is 0.538. The maximum atomic E-state index is 12.1. The Bertz CT molecular complexity index is 499. The third kappa shape index (κ3) is 3.03. The van der Waals surface area contributed by atoms with Crippen molar-refractivity contribution in [1.82, 2.24) is 4.72 Å². The second-order valence-corrected chi connectivity index (χ2v) is 6.81. The van der Waals surface area contributed by atoms with Crippen molar-refractivity contribution in [2.75, 3.05) is 5.73 Å². The van der Waals surface area contributed by atoms with Crippen molar-refractivity contribution in [2.24, 2.45) is 0 Å². The van der Waals surface area contributed by atoms with E-state index in [2.05, 4.69) is 4.72 Å². The number of anilines is 1. The minimum atomic E-state index is -3.27. The summed E-state index contributed by atoms with van der Waals surface area (Å²) in [6.45, 7) is 2.03. The van der Waals surface area contributed by atoms with Crippen LogP contribution in [0.1, 0.15) is 38.2 Å². The van der Waals surface area contributed by atoms with Crippen molar-refractivity contribution in [3.8, 4) is 0 Å². The van der Waals surface area contributed by atoms with Crippen molar-refractivity contribution in [1.29, 1.82) is 0 Å². The van der Waals surface area contributed by atoms with Gasteiger partial charge in [0.2, 0.25) is 10.0 Å². The van der Waals surface area contributed by atoms with Crippen LogP contribution in [-0.4, -0.2) is 14.0 Å². The average molecular weight is 268 g/mol. The predicted molar refractivity (Wildman–Crippen MR) is 73.5 cm³/mol.